The first-order chi connectivity index (χ1) is 10.7. The highest BCUT2D eigenvalue weighted by molar-refractivity contribution is 7.71. The molecule has 2 aromatic carbocycles. The molecule has 0 spiro atoms. The second-order valence-corrected chi connectivity index (χ2v) is 5.96. The zero-order valence-corrected chi connectivity index (χ0v) is 13.3. The van der Waals surface area contributed by atoms with E-state index in [9.17, 15) is 0 Å². The van der Waals surface area contributed by atoms with Crippen molar-refractivity contribution in [3.05, 3.63) is 64.4 Å². The van der Waals surface area contributed by atoms with Crippen molar-refractivity contribution in [1.82, 2.24) is 9.55 Å². The largest absolute Gasteiger partial charge is 0.486 e. The van der Waals surface area contributed by atoms with Crippen LogP contribution in [0.2, 0.25) is 0 Å². The molecule has 3 aromatic rings. The van der Waals surface area contributed by atoms with Crippen LogP contribution in [0.15, 0.2) is 54.1 Å². The maximum atomic E-state index is 6.01. The van der Waals surface area contributed by atoms with E-state index in [0.717, 1.165) is 28.0 Å². The van der Waals surface area contributed by atoms with Crippen LogP contribution in [-0.2, 0) is 0 Å². The van der Waals surface area contributed by atoms with Crippen molar-refractivity contribution in [2.45, 2.75) is 20.0 Å². The molecule has 3 nitrogen and oxygen atoms in total. The smallest absolute Gasteiger partial charge is 0.182 e. The van der Waals surface area contributed by atoms with Crippen molar-refractivity contribution in [2.75, 3.05) is 0 Å². The van der Waals surface area contributed by atoms with E-state index in [2.05, 4.69) is 35.5 Å². The lowest BCUT2D eigenvalue weighted by molar-refractivity contribution is 0.251. The number of nitrogens with zero attached hydrogens (tertiary/aromatic N) is 1. The van der Waals surface area contributed by atoms with Crippen molar-refractivity contribution in [2.24, 2.45) is 0 Å². The van der Waals surface area contributed by atoms with Crippen LogP contribution in [-0.4, -0.2) is 15.7 Å². The van der Waals surface area contributed by atoms with Gasteiger partial charge in [0, 0.05) is 5.56 Å². The fraction of sp³-hybridized carbons (Fsp3) is 0.167. The average molecular weight is 308 g/mol. The molecule has 1 aliphatic heterocycles. The summed E-state index contributed by atoms with van der Waals surface area (Å²) in [6.07, 6.45) is 0.0282. The van der Waals surface area contributed by atoms with E-state index in [1.165, 1.54) is 5.57 Å². The lowest BCUT2D eigenvalue weighted by Gasteiger charge is -2.28. The molecule has 110 valence electrons. The van der Waals surface area contributed by atoms with Gasteiger partial charge in [-0.25, -0.2) is 0 Å². The van der Waals surface area contributed by atoms with Gasteiger partial charge in [-0.3, -0.25) is 4.57 Å². The molecule has 0 fully saturated rings. The Morgan fingerprint density at radius 3 is 2.68 bits per heavy atom. The SMILES string of the molecule is CC1=C(n2c(=S)[nH]c3ccccc32)c2ccccc2OC1C. The zero-order valence-electron chi connectivity index (χ0n) is 12.5. The number of imidazole rings is 1. The summed E-state index contributed by atoms with van der Waals surface area (Å²) in [6, 6.07) is 16.3. The first-order valence-corrected chi connectivity index (χ1v) is 7.74. The number of hydrogen-bond donors (Lipinski definition) is 1. The summed E-state index contributed by atoms with van der Waals surface area (Å²) in [5.74, 6) is 0.905. The Labute approximate surface area is 133 Å². The lowest BCUT2D eigenvalue weighted by atomic mass is 9.99. The summed E-state index contributed by atoms with van der Waals surface area (Å²) in [5, 5.41) is 0. The molecule has 4 heteroatoms. The van der Waals surface area contributed by atoms with E-state index in [1.807, 2.05) is 36.4 Å². The highest BCUT2D eigenvalue weighted by Gasteiger charge is 2.25. The number of fused-ring (bicyclic) bond motifs is 2. The highest BCUT2D eigenvalue weighted by atomic mass is 32.1. The van der Waals surface area contributed by atoms with Gasteiger partial charge in [-0.2, -0.15) is 0 Å². The summed E-state index contributed by atoms with van der Waals surface area (Å²) >= 11 is 5.59. The predicted octanol–water partition coefficient (Wildman–Crippen LogP) is 4.76. The van der Waals surface area contributed by atoms with Crippen molar-refractivity contribution in [3.8, 4) is 5.75 Å². The molecule has 1 N–H and O–H groups in total. The molecular formula is C18H16N2OS. The first kappa shape index (κ1) is 13.3. The Kier molecular flexibility index (Phi) is 2.94. The quantitative estimate of drug-likeness (QED) is 0.657. The number of hydrogen-bond acceptors (Lipinski definition) is 2. The van der Waals surface area contributed by atoms with Gasteiger partial charge in [0.05, 0.1) is 16.7 Å². The van der Waals surface area contributed by atoms with Crippen molar-refractivity contribution < 1.29 is 4.74 Å². The molecule has 0 saturated heterocycles. The van der Waals surface area contributed by atoms with Crippen LogP contribution in [0.3, 0.4) is 0 Å². The first-order valence-electron chi connectivity index (χ1n) is 7.34. The minimum absolute atomic E-state index is 0.0282. The van der Waals surface area contributed by atoms with Crippen LogP contribution in [0, 0.1) is 4.77 Å². The number of aromatic amines is 1. The Hall–Kier alpha value is -2.33. The van der Waals surface area contributed by atoms with Gasteiger partial charge in [0.25, 0.3) is 0 Å². The van der Waals surface area contributed by atoms with Gasteiger partial charge in [-0.1, -0.05) is 24.3 Å². The maximum absolute atomic E-state index is 6.01. The van der Waals surface area contributed by atoms with Gasteiger partial charge in [0.2, 0.25) is 0 Å². The van der Waals surface area contributed by atoms with E-state index in [1.54, 1.807) is 0 Å². The lowest BCUT2D eigenvalue weighted by Crippen LogP contribution is -2.22. The Morgan fingerprint density at radius 1 is 1.09 bits per heavy atom. The van der Waals surface area contributed by atoms with E-state index in [0.29, 0.717) is 4.77 Å². The summed E-state index contributed by atoms with van der Waals surface area (Å²) in [4.78, 5) is 3.29. The fourth-order valence-corrected chi connectivity index (χ4v) is 3.32. The van der Waals surface area contributed by atoms with Crippen LogP contribution in [0.4, 0.5) is 0 Å². The standard InChI is InChI=1S/C18H16N2OS/c1-11-12(2)21-16-10-6-3-7-13(16)17(11)20-15-9-5-4-8-14(15)19-18(20)22/h3-10,12H,1-2H3,(H,19,22). The van der Waals surface area contributed by atoms with E-state index >= 15 is 0 Å². The van der Waals surface area contributed by atoms with Crippen LogP contribution in [0.25, 0.3) is 16.7 Å². The van der Waals surface area contributed by atoms with Crippen molar-refractivity contribution in [3.63, 3.8) is 0 Å². The summed E-state index contributed by atoms with van der Waals surface area (Å²) in [7, 11) is 0. The number of rotatable bonds is 1. The number of aromatic nitrogens is 2. The molecule has 1 atom stereocenters. The molecule has 1 aromatic heterocycles. The van der Waals surface area contributed by atoms with Crippen molar-refractivity contribution >= 4 is 28.9 Å². The molecule has 22 heavy (non-hydrogen) atoms. The second kappa shape index (κ2) is 4.85. The molecular weight excluding hydrogens is 292 g/mol. The number of ether oxygens (including phenoxy) is 1. The number of H-pyrrole nitrogens is 1. The van der Waals surface area contributed by atoms with Crippen molar-refractivity contribution in [1.29, 1.82) is 0 Å². The third-order valence-electron chi connectivity index (χ3n) is 4.24. The topological polar surface area (TPSA) is 29.9 Å². The molecule has 0 bridgehead atoms. The van der Waals surface area contributed by atoms with E-state index < -0.39 is 0 Å². The molecule has 1 unspecified atom stereocenters. The molecule has 4 rings (SSSR count). The van der Waals surface area contributed by atoms with Crippen LogP contribution < -0.4 is 4.74 Å². The zero-order chi connectivity index (χ0) is 15.3. The Bertz CT molecular complexity index is 964. The van der Waals surface area contributed by atoms with Crippen LogP contribution >= 0.6 is 12.2 Å². The Morgan fingerprint density at radius 2 is 1.82 bits per heavy atom. The Balaban J connectivity index is 2.10. The third kappa shape index (κ3) is 1.84. The minimum atomic E-state index is 0.0282. The molecule has 0 radical (unpaired) electrons. The van der Waals surface area contributed by atoms with Crippen LogP contribution in [0.5, 0.6) is 5.75 Å². The molecule has 2 heterocycles. The molecule has 1 aliphatic rings. The average Bonchev–Trinajstić information content (AvgIpc) is 2.85. The van der Waals surface area contributed by atoms with Gasteiger partial charge >= 0.3 is 0 Å². The van der Waals surface area contributed by atoms with Gasteiger partial charge in [-0.15, -0.1) is 0 Å². The predicted molar refractivity (Wildman–Crippen MR) is 91.6 cm³/mol. The van der Waals surface area contributed by atoms with Gasteiger partial charge in [-0.05, 0) is 55.9 Å². The van der Waals surface area contributed by atoms with E-state index in [-0.39, 0.29) is 6.10 Å². The highest BCUT2D eigenvalue weighted by Crippen LogP contribution is 2.38. The summed E-state index contributed by atoms with van der Waals surface area (Å²) in [6.45, 7) is 4.18. The van der Waals surface area contributed by atoms with Gasteiger partial charge < -0.3 is 9.72 Å². The summed E-state index contributed by atoms with van der Waals surface area (Å²) < 4.78 is 8.84. The monoisotopic (exact) mass is 308 g/mol. The summed E-state index contributed by atoms with van der Waals surface area (Å²) in [5.41, 5.74) is 5.52. The maximum Gasteiger partial charge on any atom is 0.182 e. The number of benzene rings is 2. The molecule has 0 aliphatic carbocycles. The molecule has 0 amide bonds. The van der Waals surface area contributed by atoms with Gasteiger partial charge in [0.15, 0.2) is 4.77 Å². The van der Waals surface area contributed by atoms with Gasteiger partial charge in [0.1, 0.15) is 11.9 Å². The third-order valence-corrected chi connectivity index (χ3v) is 4.53. The fourth-order valence-electron chi connectivity index (χ4n) is 3.02. The number of para-hydroxylation sites is 3. The minimum Gasteiger partial charge on any atom is -0.486 e. The normalized spacial score (nSPS) is 17.5. The van der Waals surface area contributed by atoms with E-state index in [4.69, 9.17) is 17.0 Å². The van der Waals surface area contributed by atoms with Crippen LogP contribution in [0.1, 0.15) is 19.4 Å². The molecule has 0 saturated carbocycles. The second-order valence-electron chi connectivity index (χ2n) is 5.57. The number of nitrogens with one attached hydrogen (secondary N) is 1.